The summed E-state index contributed by atoms with van der Waals surface area (Å²) in [6, 6.07) is 0.152. The number of nitrogens with two attached hydrogens (primary N) is 1. The van der Waals surface area contributed by atoms with Crippen molar-refractivity contribution >= 4 is 0 Å². The summed E-state index contributed by atoms with van der Waals surface area (Å²) in [6.07, 6.45) is 7.99. The zero-order chi connectivity index (χ0) is 8.81. The lowest BCUT2D eigenvalue weighted by molar-refractivity contribution is 0.221. The molecule has 1 unspecified atom stereocenters. The Morgan fingerprint density at radius 2 is 2.42 bits per heavy atom. The predicted molar refractivity (Wildman–Crippen MR) is 50.8 cm³/mol. The van der Waals surface area contributed by atoms with Gasteiger partial charge in [-0.15, -0.1) is 0 Å². The van der Waals surface area contributed by atoms with Gasteiger partial charge in [0, 0.05) is 6.42 Å². The highest BCUT2D eigenvalue weighted by atomic mass is 16.5. The monoisotopic (exact) mass is 169 g/mol. The zero-order valence-electron chi connectivity index (χ0n) is 7.88. The third-order valence-corrected chi connectivity index (χ3v) is 2.22. The summed E-state index contributed by atoms with van der Waals surface area (Å²) in [5.41, 5.74) is 5.93. The van der Waals surface area contributed by atoms with Gasteiger partial charge in [0.15, 0.2) is 0 Å². The molecule has 0 aromatic carbocycles. The van der Waals surface area contributed by atoms with E-state index < -0.39 is 0 Å². The van der Waals surface area contributed by atoms with E-state index in [1.807, 2.05) is 0 Å². The lowest BCUT2D eigenvalue weighted by atomic mass is 10.1. The molecule has 1 atom stereocenters. The fourth-order valence-corrected chi connectivity index (χ4v) is 1.45. The molecule has 0 fully saturated rings. The molecule has 0 aromatic heterocycles. The van der Waals surface area contributed by atoms with Crippen LogP contribution in [0, 0.1) is 0 Å². The van der Waals surface area contributed by atoms with Gasteiger partial charge in [-0.3, -0.25) is 0 Å². The van der Waals surface area contributed by atoms with Gasteiger partial charge in [0.05, 0.1) is 12.6 Å². The van der Waals surface area contributed by atoms with Crippen LogP contribution in [0.1, 0.15) is 39.0 Å². The van der Waals surface area contributed by atoms with Crippen LogP contribution in [-0.4, -0.2) is 12.6 Å². The Balaban J connectivity index is 2.14. The van der Waals surface area contributed by atoms with Crippen molar-refractivity contribution in [3.8, 4) is 0 Å². The Hall–Kier alpha value is -0.500. The first kappa shape index (κ1) is 9.59. The van der Waals surface area contributed by atoms with Crippen molar-refractivity contribution in [2.45, 2.75) is 45.1 Å². The predicted octanol–water partition coefficient (Wildman–Crippen LogP) is 2.20. The molecule has 0 radical (unpaired) electrons. The van der Waals surface area contributed by atoms with Gasteiger partial charge in [0.1, 0.15) is 5.76 Å². The van der Waals surface area contributed by atoms with Crippen LogP contribution in [0.4, 0.5) is 0 Å². The van der Waals surface area contributed by atoms with Gasteiger partial charge in [-0.1, -0.05) is 26.2 Å². The minimum absolute atomic E-state index is 0.152. The van der Waals surface area contributed by atoms with Crippen molar-refractivity contribution in [2.75, 3.05) is 6.61 Å². The molecule has 1 aliphatic heterocycles. The molecule has 1 heterocycles. The lowest BCUT2D eigenvalue weighted by Gasteiger charge is -2.12. The number of unbranched alkanes of at least 4 members (excludes halogenated alkanes) is 2. The van der Waals surface area contributed by atoms with Crippen molar-refractivity contribution in [1.82, 2.24) is 0 Å². The summed E-state index contributed by atoms with van der Waals surface area (Å²) in [7, 11) is 0. The van der Waals surface area contributed by atoms with Crippen LogP contribution in [0.2, 0.25) is 0 Å². The Morgan fingerprint density at radius 3 is 3.00 bits per heavy atom. The van der Waals surface area contributed by atoms with Crippen LogP contribution < -0.4 is 5.73 Å². The summed E-state index contributed by atoms with van der Waals surface area (Å²) in [5.74, 6) is 1.02. The summed E-state index contributed by atoms with van der Waals surface area (Å²) < 4.78 is 5.38. The van der Waals surface area contributed by atoms with E-state index in [2.05, 4.69) is 13.0 Å². The smallest absolute Gasteiger partial charge is 0.109 e. The maximum atomic E-state index is 5.93. The highest BCUT2D eigenvalue weighted by molar-refractivity contribution is 5.05. The number of rotatable bonds is 5. The standard InChI is InChI=1S/C10H19NO/c1-2-3-4-6-9(11)10-7-5-8-12-10/h7,9H,2-6,8,11H2,1H3. The molecule has 0 aromatic rings. The van der Waals surface area contributed by atoms with E-state index >= 15 is 0 Å². The second-order valence-electron chi connectivity index (χ2n) is 3.35. The molecular weight excluding hydrogens is 150 g/mol. The van der Waals surface area contributed by atoms with Crippen molar-refractivity contribution in [3.05, 3.63) is 11.8 Å². The van der Waals surface area contributed by atoms with E-state index in [1.54, 1.807) is 0 Å². The highest BCUT2D eigenvalue weighted by Gasteiger charge is 2.13. The largest absolute Gasteiger partial charge is 0.496 e. The normalized spacial score (nSPS) is 18.7. The lowest BCUT2D eigenvalue weighted by Crippen LogP contribution is -2.22. The summed E-state index contributed by atoms with van der Waals surface area (Å²) in [4.78, 5) is 0. The van der Waals surface area contributed by atoms with Crippen molar-refractivity contribution in [3.63, 3.8) is 0 Å². The van der Waals surface area contributed by atoms with Crippen molar-refractivity contribution in [1.29, 1.82) is 0 Å². The van der Waals surface area contributed by atoms with E-state index in [1.165, 1.54) is 19.3 Å². The van der Waals surface area contributed by atoms with E-state index in [9.17, 15) is 0 Å². The molecular formula is C10H19NO. The first-order valence-electron chi connectivity index (χ1n) is 4.93. The SMILES string of the molecule is CCCCCC(N)C1=CCCO1. The fraction of sp³-hybridized carbons (Fsp3) is 0.800. The molecule has 0 saturated carbocycles. The van der Waals surface area contributed by atoms with Crippen LogP contribution in [0.5, 0.6) is 0 Å². The van der Waals surface area contributed by atoms with Gasteiger partial charge in [-0.2, -0.15) is 0 Å². The molecule has 1 aliphatic rings. The van der Waals surface area contributed by atoms with Crippen molar-refractivity contribution < 1.29 is 4.74 Å². The van der Waals surface area contributed by atoms with Gasteiger partial charge in [-0.05, 0) is 12.5 Å². The maximum Gasteiger partial charge on any atom is 0.109 e. The second-order valence-corrected chi connectivity index (χ2v) is 3.35. The third kappa shape index (κ3) is 2.86. The summed E-state index contributed by atoms with van der Waals surface area (Å²) in [6.45, 7) is 3.04. The number of hydrogen-bond donors (Lipinski definition) is 1. The van der Waals surface area contributed by atoms with Gasteiger partial charge >= 0.3 is 0 Å². The van der Waals surface area contributed by atoms with Gasteiger partial charge in [-0.25, -0.2) is 0 Å². The molecule has 2 N–H and O–H groups in total. The Kier molecular flexibility index (Phi) is 4.15. The molecule has 0 spiro atoms. The Labute approximate surface area is 74.8 Å². The molecule has 2 nitrogen and oxygen atoms in total. The number of hydrogen-bond acceptors (Lipinski definition) is 2. The fourth-order valence-electron chi connectivity index (χ4n) is 1.45. The first-order valence-corrected chi connectivity index (χ1v) is 4.93. The molecule has 0 bridgehead atoms. The van der Waals surface area contributed by atoms with E-state index in [0.29, 0.717) is 0 Å². The topological polar surface area (TPSA) is 35.2 Å². The van der Waals surface area contributed by atoms with Crippen LogP contribution in [0.25, 0.3) is 0 Å². The van der Waals surface area contributed by atoms with Gasteiger partial charge < -0.3 is 10.5 Å². The van der Waals surface area contributed by atoms with Crippen LogP contribution in [0.3, 0.4) is 0 Å². The zero-order valence-corrected chi connectivity index (χ0v) is 7.88. The molecule has 0 amide bonds. The van der Waals surface area contributed by atoms with E-state index in [-0.39, 0.29) is 6.04 Å². The Morgan fingerprint density at radius 1 is 1.58 bits per heavy atom. The maximum absolute atomic E-state index is 5.93. The minimum Gasteiger partial charge on any atom is -0.496 e. The van der Waals surface area contributed by atoms with Gasteiger partial charge in [0.2, 0.25) is 0 Å². The average Bonchev–Trinajstić information content (AvgIpc) is 2.56. The van der Waals surface area contributed by atoms with Crippen LogP contribution in [-0.2, 0) is 4.74 Å². The summed E-state index contributed by atoms with van der Waals surface area (Å²) in [5, 5.41) is 0. The quantitative estimate of drug-likeness (QED) is 0.640. The second kappa shape index (κ2) is 5.20. The van der Waals surface area contributed by atoms with Crippen LogP contribution >= 0.6 is 0 Å². The van der Waals surface area contributed by atoms with Crippen LogP contribution in [0.15, 0.2) is 11.8 Å². The molecule has 1 rings (SSSR count). The molecule has 0 aliphatic carbocycles. The Bertz CT molecular complexity index is 154. The molecule has 0 saturated heterocycles. The van der Waals surface area contributed by atoms with Crippen molar-refractivity contribution in [2.24, 2.45) is 5.73 Å². The molecule has 12 heavy (non-hydrogen) atoms. The highest BCUT2D eigenvalue weighted by Crippen LogP contribution is 2.16. The molecule has 2 heteroatoms. The summed E-state index contributed by atoms with van der Waals surface area (Å²) >= 11 is 0. The molecule has 70 valence electrons. The van der Waals surface area contributed by atoms with Gasteiger partial charge in [0.25, 0.3) is 0 Å². The van der Waals surface area contributed by atoms with E-state index in [4.69, 9.17) is 10.5 Å². The first-order chi connectivity index (χ1) is 5.84. The van der Waals surface area contributed by atoms with E-state index in [0.717, 1.165) is 25.2 Å². The third-order valence-electron chi connectivity index (χ3n) is 2.22. The average molecular weight is 169 g/mol. The minimum atomic E-state index is 0.152. The number of ether oxygens (including phenoxy) is 1.